The average molecular weight is 384 g/mol. The maximum atomic E-state index is 12.4. The number of hydrogen-bond acceptors (Lipinski definition) is 6. The molecule has 0 unspecified atom stereocenters. The second kappa shape index (κ2) is 9.92. The standard InChI is InChI=1S/C21H28N4O3/c1-27-18-9-8-15(12-19(18)28-2)10-11-22-20-13-17(23-14-24-20)21(26)25-16-6-4-3-5-7-16/h8-9,12-14,16H,3-7,10-11H2,1-2H3,(H,25,26)(H,22,23,24). The highest BCUT2D eigenvalue weighted by atomic mass is 16.5. The number of anilines is 1. The molecule has 0 spiro atoms. The number of hydrogen-bond donors (Lipinski definition) is 2. The van der Waals surface area contributed by atoms with Crippen LogP contribution < -0.4 is 20.1 Å². The van der Waals surface area contributed by atoms with Crippen LogP contribution in [0.15, 0.2) is 30.6 Å². The molecule has 0 saturated heterocycles. The molecule has 1 saturated carbocycles. The fraction of sp³-hybridized carbons (Fsp3) is 0.476. The Morgan fingerprint density at radius 1 is 1.07 bits per heavy atom. The third-order valence-corrected chi connectivity index (χ3v) is 5.01. The smallest absolute Gasteiger partial charge is 0.270 e. The van der Waals surface area contributed by atoms with Gasteiger partial charge in [-0.25, -0.2) is 9.97 Å². The first-order valence-electron chi connectivity index (χ1n) is 9.77. The SMILES string of the molecule is COc1ccc(CCNc2cc(C(=O)NC3CCCCC3)ncn2)cc1OC. The van der Waals surface area contributed by atoms with Gasteiger partial charge in [0.15, 0.2) is 11.5 Å². The summed E-state index contributed by atoms with van der Waals surface area (Å²) in [6.45, 7) is 0.677. The van der Waals surface area contributed by atoms with Crippen molar-refractivity contribution < 1.29 is 14.3 Å². The highest BCUT2D eigenvalue weighted by molar-refractivity contribution is 5.93. The molecule has 7 nitrogen and oxygen atoms in total. The summed E-state index contributed by atoms with van der Waals surface area (Å²) in [6, 6.07) is 7.83. The molecular weight excluding hydrogens is 356 g/mol. The summed E-state index contributed by atoms with van der Waals surface area (Å²) >= 11 is 0. The Kier molecular flexibility index (Phi) is 7.06. The maximum absolute atomic E-state index is 12.4. The van der Waals surface area contributed by atoms with Gasteiger partial charge in [-0.3, -0.25) is 4.79 Å². The van der Waals surface area contributed by atoms with Gasteiger partial charge in [-0.05, 0) is 37.0 Å². The predicted molar refractivity (Wildman–Crippen MR) is 108 cm³/mol. The van der Waals surface area contributed by atoms with Crippen molar-refractivity contribution in [2.45, 2.75) is 44.6 Å². The number of carbonyl (C=O) groups is 1. The van der Waals surface area contributed by atoms with Crippen LogP contribution in [0, 0.1) is 0 Å². The molecule has 28 heavy (non-hydrogen) atoms. The Labute approximate surface area is 165 Å². The first kappa shape index (κ1) is 19.9. The molecule has 2 N–H and O–H groups in total. The molecule has 0 bridgehead atoms. The van der Waals surface area contributed by atoms with Gasteiger partial charge in [0.05, 0.1) is 14.2 Å². The van der Waals surface area contributed by atoms with E-state index in [0.717, 1.165) is 24.8 Å². The summed E-state index contributed by atoms with van der Waals surface area (Å²) in [5.74, 6) is 1.94. The van der Waals surface area contributed by atoms with E-state index in [1.165, 1.54) is 25.6 Å². The van der Waals surface area contributed by atoms with Gasteiger partial charge in [0, 0.05) is 18.7 Å². The van der Waals surface area contributed by atoms with Crippen molar-refractivity contribution in [2.75, 3.05) is 26.1 Å². The summed E-state index contributed by atoms with van der Waals surface area (Å²) in [5.41, 5.74) is 1.52. The highest BCUT2D eigenvalue weighted by Crippen LogP contribution is 2.27. The average Bonchev–Trinajstić information content (AvgIpc) is 2.74. The van der Waals surface area contributed by atoms with E-state index in [-0.39, 0.29) is 11.9 Å². The van der Waals surface area contributed by atoms with Gasteiger partial charge in [0.1, 0.15) is 17.8 Å². The van der Waals surface area contributed by atoms with E-state index in [1.807, 2.05) is 18.2 Å². The summed E-state index contributed by atoms with van der Waals surface area (Å²) in [6.07, 6.45) is 7.92. The van der Waals surface area contributed by atoms with Crippen molar-refractivity contribution in [3.8, 4) is 11.5 Å². The lowest BCUT2D eigenvalue weighted by Crippen LogP contribution is -2.36. The quantitative estimate of drug-likeness (QED) is 0.727. The van der Waals surface area contributed by atoms with E-state index in [9.17, 15) is 4.79 Å². The molecule has 150 valence electrons. The van der Waals surface area contributed by atoms with Gasteiger partial charge in [0.25, 0.3) is 5.91 Å². The first-order chi connectivity index (χ1) is 13.7. The van der Waals surface area contributed by atoms with Crippen LogP contribution in [0.25, 0.3) is 0 Å². The van der Waals surface area contributed by atoms with E-state index < -0.39 is 0 Å². The molecular formula is C21H28N4O3. The van der Waals surface area contributed by atoms with Crippen LogP contribution in [-0.4, -0.2) is 42.7 Å². The molecule has 0 aliphatic heterocycles. The highest BCUT2D eigenvalue weighted by Gasteiger charge is 2.17. The van der Waals surface area contributed by atoms with E-state index >= 15 is 0 Å². The number of carbonyl (C=O) groups excluding carboxylic acids is 1. The van der Waals surface area contributed by atoms with Gasteiger partial charge < -0.3 is 20.1 Å². The topological polar surface area (TPSA) is 85.4 Å². The molecule has 3 rings (SSSR count). The molecule has 2 aromatic rings. The lowest BCUT2D eigenvalue weighted by Gasteiger charge is -2.22. The largest absolute Gasteiger partial charge is 0.493 e. The predicted octanol–water partition coefficient (Wildman–Crippen LogP) is 3.21. The van der Waals surface area contributed by atoms with Gasteiger partial charge >= 0.3 is 0 Å². The molecule has 0 radical (unpaired) electrons. The zero-order valence-electron chi connectivity index (χ0n) is 16.5. The molecule has 1 aromatic heterocycles. The molecule has 7 heteroatoms. The molecule has 1 aromatic carbocycles. The molecule has 1 aliphatic rings. The third kappa shape index (κ3) is 5.34. The number of aromatic nitrogens is 2. The van der Waals surface area contributed by atoms with Crippen molar-refractivity contribution in [3.05, 3.63) is 41.9 Å². The molecule has 1 fully saturated rings. The summed E-state index contributed by atoms with van der Waals surface area (Å²) in [4.78, 5) is 20.8. The Hall–Kier alpha value is -2.83. The van der Waals surface area contributed by atoms with Crippen LogP contribution in [0.2, 0.25) is 0 Å². The number of benzene rings is 1. The minimum absolute atomic E-state index is 0.128. The van der Waals surface area contributed by atoms with Crippen molar-refractivity contribution >= 4 is 11.7 Å². The maximum Gasteiger partial charge on any atom is 0.270 e. The zero-order valence-corrected chi connectivity index (χ0v) is 16.5. The van der Waals surface area contributed by atoms with Crippen LogP contribution in [-0.2, 0) is 6.42 Å². The summed E-state index contributed by atoms with van der Waals surface area (Å²) in [5, 5.41) is 6.34. The minimum Gasteiger partial charge on any atom is -0.493 e. The monoisotopic (exact) mass is 384 g/mol. The van der Waals surface area contributed by atoms with Crippen LogP contribution in [0.4, 0.5) is 5.82 Å². The van der Waals surface area contributed by atoms with Gasteiger partial charge in [-0.15, -0.1) is 0 Å². The second-order valence-electron chi connectivity index (χ2n) is 6.96. The molecule has 1 amide bonds. The van der Waals surface area contributed by atoms with Crippen molar-refractivity contribution in [1.82, 2.24) is 15.3 Å². The van der Waals surface area contributed by atoms with Gasteiger partial charge in [-0.2, -0.15) is 0 Å². The Morgan fingerprint density at radius 3 is 2.61 bits per heavy atom. The summed E-state index contributed by atoms with van der Waals surface area (Å²) in [7, 11) is 3.25. The van der Waals surface area contributed by atoms with Crippen molar-refractivity contribution in [1.29, 1.82) is 0 Å². The summed E-state index contributed by atoms with van der Waals surface area (Å²) < 4.78 is 10.6. The van der Waals surface area contributed by atoms with Gasteiger partial charge in [-0.1, -0.05) is 25.3 Å². The molecule has 1 aliphatic carbocycles. The van der Waals surface area contributed by atoms with E-state index in [0.29, 0.717) is 29.6 Å². The van der Waals surface area contributed by atoms with E-state index in [1.54, 1.807) is 20.3 Å². The van der Waals surface area contributed by atoms with Gasteiger partial charge in [0.2, 0.25) is 0 Å². The number of nitrogens with zero attached hydrogens (tertiary/aromatic N) is 2. The number of methoxy groups -OCH3 is 2. The lowest BCUT2D eigenvalue weighted by molar-refractivity contribution is 0.0922. The van der Waals surface area contributed by atoms with Crippen LogP contribution >= 0.6 is 0 Å². The number of ether oxygens (including phenoxy) is 2. The third-order valence-electron chi connectivity index (χ3n) is 5.01. The van der Waals surface area contributed by atoms with Crippen LogP contribution in [0.5, 0.6) is 11.5 Å². The zero-order chi connectivity index (χ0) is 19.8. The molecule has 0 atom stereocenters. The normalized spacial score (nSPS) is 14.4. The Bertz CT molecular complexity index is 791. The first-order valence-corrected chi connectivity index (χ1v) is 9.77. The Balaban J connectivity index is 1.53. The van der Waals surface area contributed by atoms with Crippen molar-refractivity contribution in [3.63, 3.8) is 0 Å². The minimum atomic E-state index is -0.128. The number of nitrogens with one attached hydrogen (secondary N) is 2. The van der Waals surface area contributed by atoms with E-state index in [2.05, 4.69) is 20.6 Å². The lowest BCUT2D eigenvalue weighted by atomic mass is 9.95. The van der Waals surface area contributed by atoms with Crippen LogP contribution in [0.3, 0.4) is 0 Å². The number of amides is 1. The Morgan fingerprint density at radius 2 is 1.86 bits per heavy atom. The fourth-order valence-corrected chi connectivity index (χ4v) is 3.46. The van der Waals surface area contributed by atoms with Crippen molar-refractivity contribution in [2.24, 2.45) is 0 Å². The number of rotatable bonds is 8. The second-order valence-corrected chi connectivity index (χ2v) is 6.96. The van der Waals surface area contributed by atoms with E-state index in [4.69, 9.17) is 9.47 Å². The fourth-order valence-electron chi connectivity index (χ4n) is 3.46. The molecule has 1 heterocycles. The van der Waals surface area contributed by atoms with Crippen LogP contribution in [0.1, 0.15) is 48.2 Å².